The molecule has 0 saturated carbocycles. The van der Waals surface area contributed by atoms with Gasteiger partial charge in [-0.1, -0.05) is 24.3 Å². The van der Waals surface area contributed by atoms with E-state index in [1.54, 1.807) is 0 Å². The van der Waals surface area contributed by atoms with E-state index < -0.39 is 19.8 Å². The molecule has 0 saturated heterocycles. The molecule has 0 aliphatic rings. The molecule has 0 heterocycles. The monoisotopic (exact) mass is 350 g/mol. The molecular formula is C13H19O9P. The van der Waals surface area contributed by atoms with Crippen LogP contribution in [0.25, 0.3) is 0 Å². The van der Waals surface area contributed by atoms with E-state index in [2.05, 4.69) is 0 Å². The molecule has 0 fully saturated rings. The average molecular weight is 350 g/mol. The number of phosphoric acid groups is 1. The van der Waals surface area contributed by atoms with Crippen molar-refractivity contribution in [1.82, 2.24) is 0 Å². The van der Waals surface area contributed by atoms with E-state index in [4.69, 9.17) is 34.6 Å². The average Bonchev–Trinajstić information content (AvgIpc) is 2.44. The van der Waals surface area contributed by atoms with E-state index >= 15 is 0 Å². The van der Waals surface area contributed by atoms with Crippen LogP contribution in [0.3, 0.4) is 0 Å². The predicted octanol–water partition coefficient (Wildman–Crippen LogP) is 1.10. The van der Waals surface area contributed by atoms with Gasteiger partial charge < -0.3 is 30.0 Å². The van der Waals surface area contributed by atoms with Crippen LogP contribution in [0.5, 0.6) is 0 Å². The van der Waals surface area contributed by atoms with Gasteiger partial charge in [-0.15, -0.1) is 0 Å². The van der Waals surface area contributed by atoms with Crippen LogP contribution >= 0.6 is 7.82 Å². The van der Waals surface area contributed by atoms with Gasteiger partial charge >= 0.3 is 19.8 Å². The first-order valence-electron chi connectivity index (χ1n) is 6.10. The molecule has 9 nitrogen and oxygen atoms in total. The number of carboxylic acids is 2. The molecule has 0 aliphatic carbocycles. The highest BCUT2D eigenvalue weighted by Crippen LogP contribution is 2.25. The summed E-state index contributed by atoms with van der Waals surface area (Å²) in [6.07, 6.45) is 4.65. The topological polar surface area (TPSA) is 173 Å². The third-order valence-electron chi connectivity index (χ3n) is 1.92. The fourth-order valence-corrected chi connectivity index (χ4v) is 1.10. The fourth-order valence-electron chi connectivity index (χ4n) is 1.10. The molecule has 6 N–H and O–H groups in total. The summed E-state index contributed by atoms with van der Waals surface area (Å²) < 4.78 is 8.88. The summed E-state index contributed by atoms with van der Waals surface area (Å²) in [5.41, 5.74) is -0.380. The Kier molecular flexibility index (Phi) is 12.6. The van der Waals surface area contributed by atoms with Gasteiger partial charge in [-0.3, -0.25) is 0 Å². The lowest BCUT2D eigenvalue weighted by atomic mass is 10.1. The van der Waals surface area contributed by atoms with Crippen LogP contribution in [0, 0.1) is 0 Å². The number of benzene rings is 1. The van der Waals surface area contributed by atoms with Gasteiger partial charge in [0, 0.05) is 6.61 Å². The van der Waals surface area contributed by atoms with E-state index in [-0.39, 0.29) is 17.7 Å². The van der Waals surface area contributed by atoms with Crippen molar-refractivity contribution < 1.29 is 44.2 Å². The Bertz CT molecular complexity index is 521. The Morgan fingerprint density at radius 1 is 1.04 bits per heavy atom. The second-order valence-corrected chi connectivity index (χ2v) is 4.78. The standard InChI is InChI=1S/C8H6O4.C5H10O.H3O4P/c9-7(10)5-3-1-2-4-6(5)8(11)12;1-2-3-4-5-6;1-5(2,3)4/h1-4H,(H,9,10)(H,11,12);2-3,6H,4-5H2,1H3;(H3,1,2,3,4). The van der Waals surface area contributed by atoms with Gasteiger partial charge in [0.05, 0.1) is 11.1 Å². The number of allylic oxidation sites excluding steroid dienone is 1. The van der Waals surface area contributed by atoms with E-state index in [0.29, 0.717) is 0 Å². The zero-order chi connectivity index (χ0) is 18.5. The molecule has 1 rings (SSSR count). The van der Waals surface area contributed by atoms with Crippen LogP contribution in [0.15, 0.2) is 36.4 Å². The third-order valence-corrected chi connectivity index (χ3v) is 1.92. The van der Waals surface area contributed by atoms with Gasteiger partial charge in [-0.2, -0.15) is 0 Å². The lowest BCUT2D eigenvalue weighted by Gasteiger charge is -1.98. The van der Waals surface area contributed by atoms with Crippen molar-refractivity contribution in [3.05, 3.63) is 47.5 Å². The Morgan fingerprint density at radius 3 is 1.57 bits per heavy atom. The van der Waals surface area contributed by atoms with Gasteiger partial charge in [0.25, 0.3) is 0 Å². The zero-order valence-corrected chi connectivity index (χ0v) is 13.1. The normalized spacial score (nSPS) is 10.1. The van der Waals surface area contributed by atoms with Crippen molar-refractivity contribution in [2.45, 2.75) is 13.3 Å². The molecule has 0 atom stereocenters. The molecule has 0 aromatic heterocycles. The minimum Gasteiger partial charge on any atom is -0.478 e. The quantitative estimate of drug-likeness (QED) is 0.343. The van der Waals surface area contributed by atoms with Gasteiger partial charge in [0.2, 0.25) is 0 Å². The molecule has 1 aromatic rings. The van der Waals surface area contributed by atoms with Crippen LogP contribution in [-0.4, -0.2) is 48.5 Å². The number of rotatable bonds is 4. The molecule has 0 bridgehead atoms. The van der Waals surface area contributed by atoms with Gasteiger partial charge in [-0.05, 0) is 25.5 Å². The molecule has 1 aromatic carbocycles. The smallest absolute Gasteiger partial charge is 0.466 e. The van der Waals surface area contributed by atoms with Crippen molar-refractivity contribution in [2.24, 2.45) is 0 Å². The molecule has 0 spiro atoms. The van der Waals surface area contributed by atoms with E-state index in [1.807, 2.05) is 19.1 Å². The summed E-state index contributed by atoms with van der Waals surface area (Å²) in [6.45, 7) is 2.21. The lowest BCUT2D eigenvalue weighted by Crippen LogP contribution is -2.06. The maximum Gasteiger partial charge on any atom is 0.466 e. The van der Waals surface area contributed by atoms with Crippen LogP contribution < -0.4 is 0 Å². The maximum atomic E-state index is 10.5. The highest BCUT2D eigenvalue weighted by molar-refractivity contribution is 7.45. The first kappa shape index (κ1) is 23.2. The molecule has 23 heavy (non-hydrogen) atoms. The van der Waals surface area contributed by atoms with Crippen LogP contribution in [0.1, 0.15) is 34.1 Å². The Labute approximate surface area is 132 Å². The Balaban J connectivity index is 0. The molecule has 0 amide bonds. The van der Waals surface area contributed by atoms with Gasteiger partial charge in [0.1, 0.15) is 0 Å². The number of carbonyl (C=O) groups is 2. The van der Waals surface area contributed by atoms with Crippen molar-refractivity contribution >= 4 is 19.8 Å². The number of aromatic carboxylic acids is 2. The zero-order valence-electron chi connectivity index (χ0n) is 12.2. The molecule has 10 heteroatoms. The Hall–Kier alpha value is -2.03. The minimum absolute atomic E-state index is 0.190. The Morgan fingerprint density at radius 2 is 1.39 bits per heavy atom. The first-order chi connectivity index (χ1) is 10.5. The summed E-state index contributed by atoms with van der Waals surface area (Å²) in [5.74, 6) is -2.46. The number of aliphatic hydroxyl groups excluding tert-OH is 1. The fraction of sp³-hybridized carbons (Fsp3) is 0.231. The van der Waals surface area contributed by atoms with Crippen molar-refractivity contribution in [1.29, 1.82) is 0 Å². The first-order valence-corrected chi connectivity index (χ1v) is 7.67. The highest BCUT2D eigenvalue weighted by Gasteiger charge is 2.13. The van der Waals surface area contributed by atoms with Crippen molar-refractivity contribution in [3.63, 3.8) is 0 Å². The molecule has 130 valence electrons. The highest BCUT2D eigenvalue weighted by atomic mass is 31.2. The second kappa shape index (κ2) is 12.5. The SMILES string of the molecule is CC=CCCO.O=C(O)c1ccccc1C(=O)O.O=P(O)(O)O. The molecule has 0 radical (unpaired) electrons. The summed E-state index contributed by atoms with van der Waals surface area (Å²) in [5, 5.41) is 25.2. The minimum atomic E-state index is -4.64. The van der Waals surface area contributed by atoms with Gasteiger partial charge in [0.15, 0.2) is 0 Å². The van der Waals surface area contributed by atoms with Crippen LogP contribution in [0.4, 0.5) is 0 Å². The molecule has 0 aliphatic heterocycles. The largest absolute Gasteiger partial charge is 0.478 e. The lowest BCUT2D eigenvalue weighted by molar-refractivity contribution is 0.0651. The number of hydrogen-bond acceptors (Lipinski definition) is 4. The van der Waals surface area contributed by atoms with Gasteiger partial charge in [-0.25, -0.2) is 14.2 Å². The van der Waals surface area contributed by atoms with Crippen LogP contribution in [0.2, 0.25) is 0 Å². The van der Waals surface area contributed by atoms with Crippen molar-refractivity contribution in [3.8, 4) is 0 Å². The van der Waals surface area contributed by atoms with E-state index in [9.17, 15) is 9.59 Å². The number of hydrogen-bond donors (Lipinski definition) is 6. The summed E-state index contributed by atoms with van der Waals surface area (Å²) in [7, 11) is -4.64. The number of aliphatic hydroxyl groups is 1. The summed E-state index contributed by atoms with van der Waals surface area (Å²) in [6, 6.07) is 5.48. The van der Waals surface area contributed by atoms with E-state index in [1.165, 1.54) is 24.3 Å². The van der Waals surface area contributed by atoms with Crippen LogP contribution in [-0.2, 0) is 4.57 Å². The second-order valence-electron chi connectivity index (χ2n) is 3.75. The summed E-state index contributed by atoms with van der Waals surface area (Å²) >= 11 is 0. The molecular weight excluding hydrogens is 331 g/mol. The predicted molar refractivity (Wildman–Crippen MR) is 81.1 cm³/mol. The molecule has 0 unspecified atom stereocenters. The van der Waals surface area contributed by atoms with E-state index in [0.717, 1.165) is 6.42 Å². The third kappa shape index (κ3) is 16.2. The maximum absolute atomic E-state index is 10.5. The number of carboxylic acid groups (broad SMARTS) is 2. The van der Waals surface area contributed by atoms with Crippen molar-refractivity contribution in [2.75, 3.05) is 6.61 Å². The summed E-state index contributed by atoms with van der Waals surface area (Å²) in [4.78, 5) is 42.5.